The summed E-state index contributed by atoms with van der Waals surface area (Å²) in [5, 5.41) is 8.67. The molecule has 0 aliphatic carbocycles. The Morgan fingerprint density at radius 3 is 2.92 bits per heavy atom. The highest BCUT2D eigenvalue weighted by Crippen LogP contribution is 2.27. The zero-order valence-electron chi connectivity index (χ0n) is 7.45. The van der Waals surface area contributed by atoms with Crippen LogP contribution in [0.3, 0.4) is 0 Å². The maximum Gasteiger partial charge on any atom is 0.345 e. The second-order valence-corrected chi connectivity index (χ2v) is 5.10. The number of thiophene rings is 1. The minimum atomic E-state index is -0.827. The molecule has 0 saturated carbocycles. The van der Waals surface area contributed by atoms with Gasteiger partial charge >= 0.3 is 5.97 Å². The average Bonchev–Trinajstić information content (AvgIpc) is 2.53. The van der Waals surface area contributed by atoms with E-state index in [2.05, 4.69) is 6.92 Å². The SMILES string of the molecule is CCCCSc1ccc(C(=O)O)s1. The second-order valence-electron chi connectivity index (χ2n) is 2.63. The minimum Gasteiger partial charge on any atom is -0.477 e. The van der Waals surface area contributed by atoms with Gasteiger partial charge in [0.15, 0.2) is 0 Å². The fraction of sp³-hybridized carbons (Fsp3) is 0.444. The van der Waals surface area contributed by atoms with Crippen LogP contribution in [0.1, 0.15) is 29.4 Å². The number of rotatable bonds is 5. The first-order valence-corrected chi connectivity index (χ1v) is 6.00. The average molecular weight is 216 g/mol. The van der Waals surface area contributed by atoms with Crippen molar-refractivity contribution in [2.24, 2.45) is 0 Å². The van der Waals surface area contributed by atoms with Crippen molar-refractivity contribution < 1.29 is 9.90 Å². The van der Waals surface area contributed by atoms with Gasteiger partial charge in [0.05, 0.1) is 4.21 Å². The van der Waals surface area contributed by atoms with Gasteiger partial charge in [0.2, 0.25) is 0 Å². The smallest absolute Gasteiger partial charge is 0.345 e. The highest BCUT2D eigenvalue weighted by Gasteiger charge is 2.06. The third-order valence-corrected chi connectivity index (χ3v) is 3.92. The van der Waals surface area contributed by atoms with E-state index in [0.29, 0.717) is 4.88 Å². The fourth-order valence-corrected chi connectivity index (χ4v) is 2.96. The molecule has 0 unspecified atom stereocenters. The molecule has 0 spiro atoms. The standard InChI is InChI=1S/C9H12O2S2/c1-2-3-6-12-8-5-4-7(13-8)9(10)11/h4-5H,2-3,6H2,1H3,(H,10,11). The summed E-state index contributed by atoms with van der Waals surface area (Å²) in [6.45, 7) is 2.15. The highest BCUT2D eigenvalue weighted by atomic mass is 32.2. The van der Waals surface area contributed by atoms with Gasteiger partial charge in [-0.3, -0.25) is 0 Å². The van der Waals surface area contributed by atoms with E-state index < -0.39 is 5.97 Å². The Bertz CT molecular complexity index is 281. The quantitative estimate of drug-likeness (QED) is 0.606. The molecule has 72 valence electrons. The highest BCUT2D eigenvalue weighted by molar-refractivity contribution is 8.01. The Balaban J connectivity index is 2.44. The van der Waals surface area contributed by atoms with Crippen molar-refractivity contribution in [1.82, 2.24) is 0 Å². The first kappa shape index (κ1) is 10.6. The molecule has 1 aromatic heterocycles. The molecular formula is C9H12O2S2. The summed E-state index contributed by atoms with van der Waals surface area (Å²) in [4.78, 5) is 11.0. The molecule has 0 aromatic carbocycles. The van der Waals surface area contributed by atoms with Gasteiger partial charge in [0.25, 0.3) is 0 Å². The molecule has 0 saturated heterocycles. The number of thioether (sulfide) groups is 1. The summed E-state index contributed by atoms with van der Waals surface area (Å²) in [5.41, 5.74) is 0. The first-order chi connectivity index (χ1) is 6.24. The maximum atomic E-state index is 10.5. The molecule has 0 atom stereocenters. The van der Waals surface area contributed by atoms with Crippen LogP contribution in [0.4, 0.5) is 0 Å². The van der Waals surface area contributed by atoms with Crippen LogP contribution >= 0.6 is 23.1 Å². The van der Waals surface area contributed by atoms with Crippen LogP contribution in [0.25, 0.3) is 0 Å². The van der Waals surface area contributed by atoms with Gasteiger partial charge in [-0.05, 0) is 24.3 Å². The molecule has 0 bridgehead atoms. The van der Waals surface area contributed by atoms with Gasteiger partial charge in [-0.2, -0.15) is 0 Å². The van der Waals surface area contributed by atoms with Crippen molar-refractivity contribution in [3.8, 4) is 0 Å². The second kappa shape index (κ2) is 5.29. The molecule has 2 nitrogen and oxygen atoms in total. The number of carbonyl (C=O) groups is 1. The van der Waals surface area contributed by atoms with Crippen molar-refractivity contribution >= 4 is 29.1 Å². The largest absolute Gasteiger partial charge is 0.477 e. The molecule has 13 heavy (non-hydrogen) atoms. The molecule has 0 aliphatic rings. The Kier molecular flexibility index (Phi) is 4.32. The Morgan fingerprint density at radius 1 is 1.62 bits per heavy atom. The van der Waals surface area contributed by atoms with E-state index in [1.807, 2.05) is 6.07 Å². The molecule has 0 amide bonds. The molecular weight excluding hydrogens is 204 g/mol. The van der Waals surface area contributed by atoms with E-state index in [0.717, 1.165) is 9.96 Å². The topological polar surface area (TPSA) is 37.3 Å². The normalized spacial score (nSPS) is 10.2. The molecule has 1 N–H and O–H groups in total. The van der Waals surface area contributed by atoms with E-state index in [1.54, 1.807) is 17.8 Å². The molecule has 4 heteroatoms. The van der Waals surface area contributed by atoms with Crippen molar-refractivity contribution in [3.63, 3.8) is 0 Å². The summed E-state index contributed by atoms with van der Waals surface area (Å²) in [5.74, 6) is 0.253. The summed E-state index contributed by atoms with van der Waals surface area (Å²) in [7, 11) is 0. The van der Waals surface area contributed by atoms with Crippen LogP contribution in [-0.2, 0) is 0 Å². The van der Waals surface area contributed by atoms with Crippen LogP contribution in [0, 0.1) is 0 Å². The number of carboxylic acids is 1. The van der Waals surface area contributed by atoms with Crippen LogP contribution in [0.15, 0.2) is 16.3 Å². The van der Waals surface area contributed by atoms with Crippen molar-refractivity contribution in [3.05, 3.63) is 17.0 Å². The van der Waals surface area contributed by atoms with Gasteiger partial charge in [0, 0.05) is 0 Å². The Labute approximate surface area is 86.0 Å². The molecule has 1 heterocycles. The third kappa shape index (κ3) is 3.40. The summed E-state index contributed by atoms with van der Waals surface area (Å²) in [6.07, 6.45) is 2.37. The van der Waals surface area contributed by atoms with Crippen LogP contribution < -0.4 is 0 Å². The zero-order valence-corrected chi connectivity index (χ0v) is 9.08. The van der Waals surface area contributed by atoms with E-state index in [4.69, 9.17) is 5.11 Å². The molecule has 0 aliphatic heterocycles. The van der Waals surface area contributed by atoms with E-state index >= 15 is 0 Å². The van der Waals surface area contributed by atoms with Gasteiger partial charge in [-0.15, -0.1) is 23.1 Å². The summed E-state index contributed by atoms with van der Waals surface area (Å²) < 4.78 is 1.10. The van der Waals surface area contributed by atoms with Crippen molar-refractivity contribution in [2.75, 3.05) is 5.75 Å². The van der Waals surface area contributed by atoms with Crippen LogP contribution in [0.5, 0.6) is 0 Å². The van der Waals surface area contributed by atoms with E-state index in [-0.39, 0.29) is 0 Å². The van der Waals surface area contributed by atoms with Gasteiger partial charge in [-0.1, -0.05) is 13.3 Å². The van der Waals surface area contributed by atoms with Crippen molar-refractivity contribution in [1.29, 1.82) is 0 Å². The zero-order chi connectivity index (χ0) is 9.68. The maximum absolute atomic E-state index is 10.5. The predicted octanol–water partition coefficient (Wildman–Crippen LogP) is 3.34. The lowest BCUT2D eigenvalue weighted by Crippen LogP contribution is -1.89. The third-order valence-electron chi connectivity index (χ3n) is 1.53. The fourth-order valence-electron chi connectivity index (χ4n) is 0.830. The number of unbranched alkanes of at least 4 members (excludes halogenated alkanes) is 1. The number of aromatic carboxylic acids is 1. The number of carboxylic acid groups (broad SMARTS) is 1. The van der Waals surface area contributed by atoms with E-state index in [1.165, 1.54) is 24.2 Å². The molecule has 0 fully saturated rings. The summed E-state index contributed by atoms with van der Waals surface area (Å²) >= 11 is 3.09. The van der Waals surface area contributed by atoms with Crippen LogP contribution in [-0.4, -0.2) is 16.8 Å². The lowest BCUT2D eigenvalue weighted by atomic mass is 10.4. The molecule has 1 rings (SSSR count). The lowest BCUT2D eigenvalue weighted by Gasteiger charge is -1.94. The van der Waals surface area contributed by atoms with E-state index in [9.17, 15) is 4.79 Å². The monoisotopic (exact) mass is 216 g/mol. The molecule has 0 radical (unpaired) electrons. The molecule has 1 aromatic rings. The first-order valence-electron chi connectivity index (χ1n) is 4.20. The number of hydrogen-bond donors (Lipinski definition) is 1. The number of hydrogen-bond acceptors (Lipinski definition) is 3. The van der Waals surface area contributed by atoms with Crippen molar-refractivity contribution in [2.45, 2.75) is 24.0 Å². The predicted molar refractivity (Wildman–Crippen MR) is 56.9 cm³/mol. The minimum absolute atomic E-state index is 0.430. The Hall–Kier alpha value is -0.480. The summed E-state index contributed by atoms with van der Waals surface area (Å²) in [6, 6.07) is 3.55. The van der Waals surface area contributed by atoms with Gasteiger partial charge < -0.3 is 5.11 Å². The van der Waals surface area contributed by atoms with Gasteiger partial charge in [-0.25, -0.2) is 4.79 Å². The van der Waals surface area contributed by atoms with Gasteiger partial charge in [0.1, 0.15) is 4.88 Å². The lowest BCUT2D eigenvalue weighted by molar-refractivity contribution is 0.0702. The van der Waals surface area contributed by atoms with Crippen LogP contribution in [0.2, 0.25) is 0 Å². The Morgan fingerprint density at radius 2 is 2.38 bits per heavy atom.